The number of carbonyl (C=O) groups excluding carboxylic acids is 1. The second kappa shape index (κ2) is 4.72. The largest absolute Gasteiger partial charge is 0.453 e. The zero-order valence-electron chi connectivity index (χ0n) is 9.69. The molecule has 0 spiro atoms. The molecule has 0 fully saturated rings. The van der Waals surface area contributed by atoms with Crippen molar-refractivity contribution in [3.8, 4) is 0 Å². The normalized spacial score (nSPS) is 10.8. The molecule has 0 radical (unpaired) electrons. The van der Waals surface area contributed by atoms with Crippen LogP contribution < -0.4 is 0 Å². The number of hydrogen-bond donors (Lipinski definition) is 0. The Morgan fingerprint density at radius 2 is 1.79 bits per heavy atom. The van der Waals surface area contributed by atoms with Gasteiger partial charge in [-0.15, -0.1) is 0 Å². The molecule has 0 aliphatic heterocycles. The minimum absolute atomic E-state index is 0.238. The number of furan rings is 1. The Balaban J connectivity index is 2.09. The number of halogens is 2. The number of ketones is 1. The molecular weight excluding hydrogens is 283 g/mol. The highest BCUT2D eigenvalue weighted by Gasteiger charge is 2.16. The summed E-state index contributed by atoms with van der Waals surface area (Å²) < 4.78 is 5.53. The number of rotatable bonds is 2. The van der Waals surface area contributed by atoms with E-state index in [1.807, 2.05) is 0 Å². The number of carbonyl (C=O) groups is 1. The summed E-state index contributed by atoms with van der Waals surface area (Å²) in [6.07, 6.45) is 0. The van der Waals surface area contributed by atoms with Gasteiger partial charge < -0.3 is 4.42 Å². The van der Waals surface area contributed by atoms with Gasteiger partial charge in [-0.1, -0.05) is 35.3 Å². The predicted molar refractivity (Wildman–Crippen MR) is 76.1 cm³/mol. The van der Waals surface area contributed by atoms with E-state index >= 15 is 0 Å². The monoisotopic (exact) mass is 290 g/mol. The van der Waals surface area contributed by atoms with E-state index in [1.54, 1.807) is 48.5 Å². The molecule has 0 bridgehead atoms. The zero-order chi connectivity index (χ0) is 13.4. The van der Waals surface area contributed by atoms with Crippen LogP contribution in [0.3, 0.4) is 0 Å². The molecule has 0 saturated carbocycles. The standard InChI is InChI=1S/C15H8Cl2O2/c16-10-5-6-13-9(7-10)8-14(19-13)15(18)11-3-1-2-4-12(11)17/h1-8H. The second-order valence-corrected chi connectivity index (χ2v) is 4.95. The van der Waals surface area contributed by atoms with Crippen molar-refractivity contribution in [2.45, 2.75) is 0 Å². The van der Waals surface area contributed by atoms with Crippen LogP contribution >= 0.6 is 23.2 Å². The van der Waals surface area contributed by atoms with Gasteiger partial charge in [0, 0.05) is 16.0 Å². The summed E-state index contributed by atoms with van der Waals surface area (Å²) in [6, 6.07) is 13.8. The van der Waals surface area contributed by atoms with Gasteiger partial charge >= 0.3 is 0 Å². The molecule has 0 aliphatic carbocycles. The van der Waals surface area contributed by atoms with Crippen LogP contribution in [0, 0.1) is 0 Å². The first-order valence-electron chi connectivity index (χ1n) is 5.63. The van der Waals surface area contributed by atoms with Gasteiger partial charge in [-0.2, -0.15) is 0 Å². The molecule has 2 aromatic carbocycles. The van der Waals surface area contributed by atoms with Crippen LogP contribution in [0.2, 0.25) is 10.0 Å². The lowest BCUT2D eigenvalue weighted by atomic mass is 10.1. The van der Waals surface area contributed by atoms with E-state index < -0.39 is 0 Å². The van der Waals surface area contributed by atoms with E-state index in [-0.39, 0.29) is 11.5 Å². The van der Waals surface area contributed by atoms with Crippen LogP contribution in [-0.4, -0.2) is 5.78 Å². The number of benzene rings is 2. The highest BCUT2D eigenvalue weighted by molar-refractivity contribution is 6.35. The molecule has 4 heteroatoms. The first-order valence-corrected chi connectivity index (χ1v) is 6.39. The van der Waals surface area contributed by atoms with E-state index in [2.05, 4.69) is 0 Å². The average molecular weight is 291 g/mol. The highest BCUT2D eigenvalue weighted by atomic mass is 35.5. The van der Waals surface area contributed by atoms with Gasteiger partial charge in [0.2, 0.25) is 5.78 Å². The summed E-state index contributed by atoms with van der Waals surface area (Å²) in [4.78, 5) is 12.3. The molecule has 0 unspecified atom stereocenters. The molecule has 3 rings (SSSR count). The summed E-state index contributed by atoms with van der Waals surface area (Å²) in [6.45, 7) is 0. The highest BCUT2D eigenvalue weighted by Crippen LogP contribution is 2.26. The molecule has 0 aliphatic rings. The third-order valence-electron chi connectivity index (χ3n) is 2.82. The van der Waals surface area contributed by atoms with Crippen LogP contribution in [0.1, 0.15) is 16.1 Å². The Morgan fingerprint density at radius 1 is 1.00 bits per heavy atom. The Kier molecular flexibility index (Phi) is 3.05. The van der Waals surface area contributed by atoms with Crippen LogP contribution in [0.15, 0.2) is 52.9 Å². The zero-order valence-corrected chi connectivity index (χ0v) is 11.2. The third-order valence-corrected chi connectivity index (χ3v) is 3.39. The maximum absolute atomic E-state index is 12.3. The lowest BCUT2D eigenvalue weighted by molar-refractivity contribution is 0.101. The fourth-order valence-electron chi connectivity index (χ4n) is 1.90. The van der Waals surface area contributed by atoms with E-state index in [1.165, 1.54) is 0 Å². The predicted octanol–water partition coefficient (Wildman–Crippen LogP) is 4.97. The Hall–Kier alpha value is -1.77. The van der Waals surface area contributed by atoms with E-state index in [9.17, 15) is 4.79 Å². The Bertz CT molecular complexity index is 775. The third kappa shape index (κ3) is 2.25. The van der Waals surface area contributed by atoms with E-state index in [0.29, 0.717) is 21.2 Å². The molecule has 19 heavy (non-hydrogen) atoms. The van der Waals surface area contributed by atoms with Crippen LogP contribution in [0.25, 0.3) is 11.0 Å². The quantitative estimate of drug-likeness (QED) is 0.624. The molecule has 0 N–H and O–H groups in total. The first-order chi connectivity index (χ1) is 9.15. The van der Waals surface area contributed by atoms with Gasteiger partial charge in [0.25, 0.3) is 0 Å². The Labute approximate surface area is 119 Å². The van der Waals surface area contributed by atoms with Crippen molar-refractivity contribution < 1.29 is 9.21 Å². The lowest BCUT2D eigenvalue weighted by Gasteiger charge is -1.99. The maximum Gasteiger partial charge on any atom is 0.229 e. The molecular formula is C15H8Cl2O2. The average Bonchev–Trinajstić information content (AvgIpc) is 2.81. The van der Waals surface area contributed by atoms with Gasteiger partial charge in [0.1, 0.15) is 5.58 Å². The maximum atomic E-state index is 12.3. The van der Waals surface area contributed by atoms with Gasteiger partial charge in [-0.05, 0) is 36.4 Å². The smallest absolute Gasteiger partial charge is 0.229 e. The van der Waals surface area contributed by atoms with Crippen LogP contribution in [0.4, 0.5) is 0 Å². The van der Waals surface area contributed by atoms with Gasteiger partial charge in [0.15, 0.2) is 5.76 Å². The van der Waals surface area contributed by atoms with Crippen LogP contribution in [0.5, 0.6) is 0 Å². The topological polar surface area (TPSA) is 30.2 Å². The molecule has 0 saturated heterocycles. The number of hydrogen-bond acceptors (Lipinski definition) is 2. The van der Waals surface area contributed by atoms with E-state index in [4.69, 9.17) is 27.6 Å². The molecule has 94 valence electrons. The van der Waals surface area contributed by atoms with Crippen molar-refractivity contribution in [1.29, 1.82) is 0 Å². The molecule has 0 atom stereocenters. The number of fused-ring (bicyclic) bond motifs is 1. The van der Waals surface area contributed by atoms with Crippen molar-refractivity contribution in [3.05, 3.63) is 69.9 Å². The summed E-state index contributed by atoms with van der Waals surface area (Å²) in [5, 5.41) is 1.80. The van der Waals surface area contributed by atoms with Crippen molar-refractivity contribution in [2.24, 2.45) is 0 Å². The first kappa shape index (κ1) is 12.3. The summed E-state index contributed by atoms with van der Waals surface area (Å²) >= 11 is 11.9. The van der Waals surface area contributed by atoms with Gasteiger partial charge in [-0.3, -0.25) is 4.79 Å². The fourth-order valence-corrected chi connectivity index (χ4v) is 2.31. The fraction of sp³-hybridized carbons (Fsp3) is 0. The minimum atomic E-state index is -0.238. The molecule has 2 nitrogen and oxygen atoms in total. The summed E-state index contributed by atoms with van der Waals surface area (Å²) in [5.74, 6) is 0.0169. The Morgan fingerprint density at radius 3 is 2.58 bits per heavy atom. The van der Waals surface area contributed by atoms with Crippen LogP contribution in [-0.2, 0) is 0 Å². The SMILES string of the molecule is O=C(c1cc2cc(Cl)ccc2o1)c1ccccc1Cl. The van der Waals surface area contributed by atoms with Gasteiger partial charge in [0.05, 0.1) is 5.02 Å². The summed E-state index contributed by atoms with van der Waals surface area (Å²) in [7, 11) is 0. The molecule has 0 amide bonds. The van der Waals surface area contributed by atoms with Crippen molar-refractivity contribution in [3.63, 3.8) is 0 Å². The summed E-state index contributed by atoms with van der Waals surface area (Å²) in [5.41, 5.74) is 1.05. The van der Waals surface area contributed by atoms with Gasteiger partial charge in [-0.25, -0.2) is 0 Å². The van der Waals surface area contributed by atoms with Crippen molar-refractivity contribution >= 4 is 40.0 Å². The van der Waals surface area contributed by atoms with E-state index in [0.717, 1.165) is 5.39 Å². The molecule has 1 aromatic heterocycles. The molecule has 1 heterocycles. The molecule has 3 aromatic rings. The van der Waals surface area contributed by atoms with Crippen molar-refractivity contribution in [1.82, 2.24) is 0 Å². The second-order valence-electron chi connectivity index (χ2n) is 4.10. The minimum Gasteiger partial charge on any atom is -0.453 e. The lowest BCUT2D eigenvalue weighted by Crippen LogP contribution is -1.99. The van der Waals surface area contributed by atoms with Crippen molar-refractivity contribution in [2.75, 3.05) is 0 Å².